The molecular weight excluding hydrogens is 294 g/mol. The molecule has 1 aromatic rings. The van der Waals surface area contributed by atoms with E-state index < -0.39 is 0 Å². The third-order valence-corrected chi connectivity index (χ3v) is 5.13. The van der Waals surface area contributed by atoms with Crippen molar-refractivity contribution in [2.45, 2.75) is 38.3 Å². The van der Waals surface area contributed by atoms with Crippen LogP contribution in [0.25, 0.3) is 0 Å². The third-order valence-electron chi connectivity index (χ3n) is 5.13. The average molecular weight is 317 g/mol. The van der Waals surface area contributed by atoms with Gasteiger partial charge >= 0.3 is 6.03 Å². The Morgan fingerprint density at radius 2 is 2.00 bits per heavy atom. The van der Waals surface area contributed by atoms with Gasteiger partial charge in [0.1, 0.15) is 0 Å². The minimum Gasteiger partial charge on any atom is -0.340 e. The minimum atomic E-state index is 0.0577. The van der Waals surface area contributed by atoms with Gasteiger partial charge in [-0.15, -0.1) is 0 Å². The standard InChI is InChI=1S/C16H23N5O2/c22-15-4-3-9-19(15)11-14-12-20(10-13-5-6-17-21(13)14)16(23)18-7-1-2-8-18/h5-6,14H,1-4,7-12H2/t14-/m0/s1. The van der Waals surface area contributed by atoms with E-state index in [-0.39, 0.29) is 18.0 Å². The van der Waals surface area contributed by atoms with Crippen LogP contribution in [-0.4, -0.2) is 69.1 Å². The summed E-state index contributed by atoms with van der Waals surface area (Å²) in [5.41, 5.74) is 1.06. The van der Waals surface area contributed by atoms with Crippen LogP contribution in [0.2, 0.25) is 0 Å². The maximum absolute atomic E-state index is 12.7. The molecule has 0 N–H and O–H groups in total. The van der Waals surface area contributed by atoms with Crippen LogP contribution < -0.4 is 0 Å². The Balaban J connectivity index is 1.51. The van der Waals surface area contributed by atoms with Crippen LogP contribution >= 0.6 is 0 Å². The molecule has 0 radical (unpaired) electrons. The molecule has 3 aliphatic rings. The highest BCUT2D eigenvalue weighted by molar-refractivity contribution is 5.78. The van der Waals surface area contributed by atoms with Gasteiger partial charge in [0.05, 0.1) is 18.3 Å². The highest BCUT2D eigenvalue weighted by Crippen LogP contribution is 2.25. The highest BCUT2D eigenvalue weighted by atomic mass is 16.2. The van der Waals surface area contributed by atoms with E-state index in [1.165, 1.54) is 0 Å². The van der Waals surface area contributed by atoms with E-state index in [2.05, 4.69) is 5.10 Å². The summed E-state index contributed by atoms with van der Waals surface area (Å²) in [6.07, 6.45) is 5.58. The summed E-state index contributed by atoms with van der Waals surface area (Å²) in [5.74, 6) is 0.224. The van der Waals surface area contributed by atoms with Crippen LogP contribution in [0.4, 0.5) is 4.79 Å². The van der Waals surface area contributed by atoms with Gasteiger partial charge in [0.2, 0.25) is 5.91 Å². The van der Waals surface area contributed by atoms with Crippen molar-refractivity contribution in [2.75, 3.05) is 32.7 Å². The number of hydrogen-bond donors (Lipinski definition) is 0. The molecule has 4 rings (SSSR count). The number of carbonyl (C=O) groups excluding carboxylic acids is 2. The summed E-state index contributed by atoms with van der Waals surface area (Å²) in [6, 6.07) is 2.16. The lowest BCUT2D eigenvalue weighted by atomic mass is 10.2. The van der Waals surface area contributed by atoms with Gasteiger partial charge < -0.3 is 14.7 Å². The van der Waals surface area contributed by atoms with Gasteiger partial charge in [-0.25, -0.2) is 4.79 Å². The number of aromatic nitrogens is 2. The second-order valence-corrected chi connectivity index (χ2v) is 6.72. The first kappa shape index (κ1) is 14.5. The molecule has 1 aromatic heterocycles. The molecule has 0 aliphatic carbocycles. The molecule has 1 atom stereocenters. The first-order valence-electron chi connectivity index (χ1n) is 8.56. The molecule has 3 aliphatic heterocycles. The molecule has 7 heteroatoms. The Hall–Kier alpha value is -2.05. The molecule has 7 nitrogen and oxygen atoms in total. The molecule has 4 heterocycles. The van der Waals surface area contributed by atoms with Crippen molar-refractivity contribution in [2.24, 2.45) is 0 Å². The highest BCUT2D eigenvalue weighted by Gasteiger charge is 2.34. The average Bonchev–Trinajstić information content (AvgIpc) is 3.28. The van der Waals surface area contributed by atoms with Crippen LogP contribution in [0, 0.1) is 0 Å². The topological polar surface area (TPSA) is 61.7 Å². The fraction of sp³-hybridized carbons (Fsp3) is 0.688. The van der Waals surface area contributed by atoms with Gasteiger partial charge in [-0.2, -0.15) is 5.10 Å². The summed E-state index contributed by atoms with van der Waals surface area (Å²) in [4.78, 5) is 30.4. The Morgan fingerprint density at radius 3 is 2.74 bits per heavy atom. The van der Waals surface area contributed by atoms with Crippen molar-refractivity contribution in [3.63, 3.8) is 0 Å². The molecule has 2 fully saturated rings. The zero-order valence-corrected chi connectivity index (χ0v) is 13.4. The largest absolute Gasteiger partial charge is 0.340 e. The lowest BCUT2D eigenvalue weighted by Gasteiger charge is -2.37. The lowest BCUT2D eigenvalue weighted by molar-refractivity contribution is -0.128. The number of likely N-dealkylation sites (tertiary alicyclic amines) is 2. The van der Waals surface area contributed by atoms with Gasteiger partial charge in [-0.3, -0.25) is 9.48 Å². The van der Waals surface area contributed by atoms with E-state index in [1.54, 1.807) is 6.20 Å². The minimum absolute atomic E-state index is 0.0577. The summed E-state index contributed by atoms with van der Waals surface area (Å²) < 4.78 is 2.00. The second-order valence-electron chi connectivity index (χ2n) is 6.72. The number of fused-ring (bicyclic) bond motifs is 1. The first-order chi connectivity index (χ1) is 11.2. The van der Waals surface area contributed by atoms with Crippen molar-refractivity contribution < 1.29 is 9.59 Å². The fourth-order valence-electron chi connectivity index (χ4n) is 3.93. The lowest BCUT2D eigenvalue weighted by Crippen LogP contribution is -2.49. The molecule has 0 spiro atoms. The van der Waals surface area contributed by atoms with Crippen molar-refractivity contribution in [3.8, 4) is 0 Å². The number of amides is 3. The quantitative estimate of drug-likeness (QED) is 0.820. The molecule has 0 aromatic carbocycles. The first-order valence-corrected chi connectivity index (χ1v) is 8.56. The summed E-state index contributed by atoms with van der Waals surface area (Å²) >= 11 is 0. The van der Waals surface area contributed by atoms with Crippen LogP contribution in [0.5, 0.6) is 0 Å². The van der Waals surface area contributed by atoms with E-state index in [9.17, 15) is 9.59 Å². The number of hydrogen-bond acceptors (Lipinski definition) is 3. The van der Waals surface area contributed by atoms with E-state index >= 15 is 0 Å². The number of rotatable bonds is 2. The van der Waals surface area contributed by atoms with Crippen molar-refractivity contribution in [1.82, 2.24) is 24.5 Å². The van der Waals surface area contributed by atoms with Gasteiger partial charge in [0, 0.05) is 45.3 Å². The van der Waals surface area contributed by atoms with Crippen LogP contribution in [0.1, 0.15) is 37.4 Å². The van der Waals surface area contributed by atoms with Gasteiger partial charge in [0.25, 0.3) is 0 Å². The SMILES string of the molecule is O=C1CCCN1C[C@H]1CN(C(=O)N2CCCC2)Cc2ccnn21. The molecular formula is C16H23N5O2. The smallest absolute Gasteiger partial charge is 0.320 e. The van der Waals surface area contributed by atoms with E-state index in [1.807, 2.05) is 25.4 Å². The van der Waals surface area contributed by atoms with Gasteiger partial charge in [-0.1, -0.05) is 0 Å². The zero-order valence-electron chi connectivity index (χ0n) is 13.4. The molecule has 0 unspecified atom stereocenters. The Kier molecular flexibility index (Phi) is 3.71. The Morgan fingerprint density at radius 1 is 1.17 bits per heavy atom. The van der Waals surface area contributed by atoms with Crippen molar-refractivity contribution in [3.05, 3.63) is 18.0 Å². The molecule has 0 saturated carbocycles. The summed E-state index contributed by atoms with van der Waals surface area (Å²) in [5, 5.41) is 4.42. The normalized spacial score (nSPS) is 24.4. The number of urea groups is 1. The van der Waals surface area contributed by atoms with E-state index in [0.29, 0.717) is 26.1 Å². The van der Waals surface area contributed by atoms with Gasteiger partial charge in [-0.05, 0) is 25.3 Å². The summed E-state index contributed by atoms with van der Waals surface area (Å²) in [6.45, 7) is 4.45. The molecule has 0 bridgehead atoms. The maximum atomic E-state index is 12.7. The zero-order chi connectivity index (χ0) is 15.8. The number of carbonyl (C=O) groups is 2. The second kappa shape index (κ2) is 5.86. The predicted molar refractivity (Wildman–Crippen MR) is 83.7 cm³/mol. The molecule has 3 amide bonds. The van der Waals surface area contributed by atoms with Crippen molar-refractivity contribution in [1.29, 1.82) is 0 Å². The Labute approximate surface area is 135 Å². The Bertz CT molecular complexity index is 607. The molecule has 124 valence electrons. The predicted octanol–water partition coefficient (Wildman–Crippen LogP) is 1.08. The maximum Gasteiger partial charge on any atom is 0.320 e. The monoisotopic (exact) mass is 317 g/mol. The third kappa shape index (κ3) is 2.68. The molecule has 2 saturated heterocycles. The van der Waals surface area contributed by atoms with Crippen molar-refractivity contribution >= 4 is 11.9 Å². The fourth-order valence-corrected chi connectivity index (χ4v) is 3.93. The van der Waals surface area contributed by atoms with Crippen LogP contribution in [0.15, 0.2) is 12.3 Å². The van der Waals surface area contributed by atoms with Crippen LogP contribution in [-0.2, 0) is 11.3 Å². The van der Waals surface area contributed by atoms with E-state index in [0.717, 1.165) is 44.6 Å². The van der Waals surface area contributed by atoms with Gasteiger partial charge in [0.15, 0.2) is 0 Å². The van der Waals surface area contributed by atoms with Crippen LogP contribution in [0.3, 0.4) is 0 Å². The molecule has 23 heavy (non-hydrogen) atoms. The van der Waals surface area contributed by atoms with E-state index in [4.69, 9.17) is 0 Å². The number of nitrogens with zero attached hydrogens (tertiary/aromatic N) is 5. The summed E-state index contributed by atoms with van der Waals surface area (Å²) in [7, 11) is 0.